The normalized spacial score (nSPS) is 28.6. The molecular formula is C22H20N4O2. The minimum Gasteiger partial charge on any atom is -0.494 e. The maximum absolute atomic E-state index is 12.7. The zero-order chi connectivity index (χ0) is 19.0. The highest BCUT2D eigenvalue weighted by atomic mass is 16.5. The second-order valence-electron chi connectivity index (χ2n) is 7.91. The Morgan fingerprint density at radius 2 is 2.25 bits per heavy atom. The van der Waals surface area contributed by atoms with Crippen LogP contribution in [0.3, 0.4) is 0 Å². The number of piperidine rings is 1. The minimum absolute atomic E-state index is 0.00163. The minimum atomic E-state index is 0.00163. The summed E-state index contributed by atoms with van der Waals surface area (Å²) in [5, 5.41) is 3.42. The lowest BCUT2D eigenvalue weighted by Crippen LogP contribution is -2.30. The SMILES string of the molecule is COc1cc(-c2ccc[nH]2)[nH]c1/C=C1/N=C2C(=O)C=C3NCC4CC34C2=C1C. The third-order valence-electron chi connectivity index (χ3n) is 6.51. The van der Waals surface area contributed by atoms with Gasteiger partial charge in [-0.05, 0) is 48.6 Å². The molecule has 2 fully saturated rings. The molecule has 0 radical (unpaired) electrons. The van der Waals surface area contributed by atoms with Gasteiger partial charge in [0.25, 0.3) is 0 Å². The van der Waals surface area contributed by atoms with Crippen molar-refractivity contribution in [1.82, 2.24) is 15.3 Å². The van der Waals surface area contributed by atoms with Crippen molar-refractivity contribution in [3.05, 3.63) is 58.7 Å². The van der Waals surface area contributed by atoms with Crippen molar-refractivity contribution < 1.29 is 9.53 Å². The second-order valence-corrected chi connectivity index (χ2v) is 7.91. The number of ketones is 1. The van der Waals surface area contributed by atoms with Gasteiger partial charge in [0.1, 0.15) is 11.5 Å². The zero-order valence-corrected chi connectivity index (χ0v) is 15.7. The van der Waals surface area contributed by atoms with Gasteiger partial charge in [0.15, 0.2) is 0 Å². The summed E-state index contributed by atoms with van der Waals surface area (Å²) in [6, 6.07) is 5.93. The Morgan fingerprint density at radius 1 is 1.36 bits per heavy atom. The second kappa shape index (κ2) is 5.16. The van der Waals surface area contributed by atoms with E-state index in [0.29, 0.717) is 11.6 Å². The molecule has 2 aliphatic carbocycles. The summed E-state index contributed by atoms with van der Waals surface area (Å²) in [7, 11) is 1.66. The Morgan fingerprint density at radius 3 is 3.00 bits per heavy atom. The fourth-order valence-corrected chi connectivity index (χ4v) is 5.05. The largest absolute Gasteiger partial charge is 0.494 e. The van der Waals surface area contributed by atoms with Crippen LogP contribution in [0.25, 0.3) is 17.5 Å². The van der Waals surface area contributed by atoms with Crippen molar-refractivity contribution in [2.24, 2.45) is 16.3 Å². The number of nitrogens with zero attached hydrogens (tertiary/aromatic N) is 1. The van der Waals surface area contributed by atoms with Crippen LogP contribution >= 0.6 is 0 Å². The van der Waals surface area contributed by atoms with Crippen LogP contribution in [0.15, 0.2) is 58.0 Å². The number of aromatic nitrogens is 2. The van der Waals surface area contributed by atoms with Crippen LogP contribution in [0.1, 0.15) is 19.0 Å². The molecule has 1 saturated heterocycles. The number of methoxy groups -OCH3 is 1. The molecule has 0 aromatic carbocycles. The summed E-state index contributed by atoms with van der Waals surface area (Å²) in [5.41, 5.74) is 7.55. The number of allylic oxidation sites excluding steroid dienone is 3. The molecule has 6 nitrogen and oxygen atoms in total. The predicted molar refractivity (Wildman–Crippen MR) is 107 cm³/mol. The van der Waals surface area contributed by atoms with Crippen LogP contribution in [0.4, 0.5) is 0 Å². The van der Waals surface area contributed by atoms with Crippen molar-refractivity contribution >= 4 is 17.6 Å². The summed E-state index contributed by atoms with van der Waals surface area (Å²) in [4.78, 5) is 24.0. The maximum Gasteiger partial charge on any atom is 0.206 e. The molecule has 2 aromatic rings. The average Bonchev–Trinajstić information content (AvgIpc) is 3.18. The molecule has 4 heterocycles. The maximum atomic E-state index is 12.7. The molecule has 1 spiro atoms. The number of aromatic amines is 2. The van der Waals surface area contributed by atoms with Crippen molar-refractivity contribution in [2.45, 2.75) is 13.3 Å². The summed E-state index contributed by atoms with van der Waals surface area (Å²) in [5.74, 6) is 1.34. The Labute approximate surface area is 162 Å². The van der Waals surface area contributed by atoms with Gasteiger partial charge in [-0.2, -0.15) is 0 Å². The summed E-state index contributed by atoms with van der Waals surface area (Å²) < 4.78 is 5.57. The van der Waals surface area contributed by atoms with Crippen molar-refractivity contribution in [3.63, 3.8) is 0 Å². The smallest absolute Gasteiger partial charge is 0.206 e. The lowest BCUT2D eigenvalue weighted by atomic mass is 9.80. The van der Waals surface area contributed by atoms with E-state index in [2.05, 4.69) is 22.2 Å². The Kier molecular flexibility index (Phi) is 2.90. The lowest BCUT2D eigenvalue weighted by Gasteiger charge is -2.23. The topological polar surface area (TPSA) is 82.3 Å². The third kappa shape index (κ3) is 1.87. The summed E-state index contributed by atoms with van der Waals surface area (Å²) >= 11 is 0. The molecular weight excluding hydrogens is 352 g/mol. The van der Waals surface area contributed by atoms with Gasteiger partial charge in [-0.1, -0.05) is 0 Å². The molecule has 2 unspecified atom stereocenters. The van der Waals surface area contributed by atoms with Gasteiger partial charge in [0.2, 0.25) is 5.78 Å². The Balaban J connectivity index is 1.47. The molecule has 2 aliphatic heterocycles. The molecule has 140 valence electrons. The monoisotopic (exact) mass is 372 g/mol. The molecule has 4 aliphatic rings. The van der Waals surface area contributed by atoms with E-state index in [1.165, 1.54) is 0 Å². The molecule has 2 aromatic heterocycles. The number of fused-ring (bicyclic) bond motifs is 1. The first-order valence-corrected chi connectivity index (χ1v) is 9.55. The van der Waals surface area contributed by atoms with Gasteiger partial charge in [-0.3, -0.25) is 4.79 Å². The highest BCUT2D eigenvalue weighted by Gasteiger charge is 2.66. The van der Waals surface area contributed by atoms with Crippen LogP contribution in [0, 0.1) is 11.3 Å². The highest BCUT2D eigenvalue weighted by molar-refractivity contribution is 6.52. The van der Waals surface area contributed by atoms with E-state index in [4.69, 9.17) is 9.73 Å². The number of rotatable bonds is 3. The number of ether oxygens (including phenoxy) is 1. The van der Waals surface area contributed by atoms with Crippen LogP contribution in [0.5, 0.6) is 5.75 Å². The lowest BCUT2D eigenvalue weighted by molar-refractivity contribution is -0.109. The number of nitrogens with one attached hydrogen (secondary N) is 3. The van der Waals surface area contributed by atoms with Gasteiger partial charge in [-0.25, -0.2) is 4.99 Å². The van der Waals surface area contributed by atoms with Gasteiger partial charge in [0, 0.05) is 36.0 Å². The van der Waals surface area contributed by atoms with Gasteiger partial charge < -0.3 is 20.0 Å². The average molecular weight is 372 g/mol. The fourth-order valence-electron chi connectivity index (χ4n) is 5.05. The number of hydrogen-bond donors (Lipinski definition) is 3. The first-order chi connectivity index (χ1) is 13.6. The molecule has 6 rings (SSSR count). The number of carbonyl (C=O) groups excluding carboxylic acids is 1. The van der Waals surface area contributed by atoms with Crippen LogP contribution < -0.4 is 10.1 Å². The Hall–Kier alpha value is -3.28. The number of H-pyrrole nitrogens is 2. The number of aliphatic imine (C=N–C) groups is 1. The molecule has 0 bridgehead atoms. The first-order valence-electron chi connectivity index (χ1n) is 9.55. The Bertz CT molecular complexity index is 1160. The van der Waals surface area contributed by atoms with Crippen LogP contribution in [-0.4, -0.2) is 35.1 Å². The molecule has 1 saturated carbocycles. The molecule has 3 N–H and O–H groups in total. The predicted octanol–water partition coefficient (Wildman–Crippen LogP) is 3.21. The molecule has 0 amide bonds. The van der Waals surface area contributed by atoms with E-state index in [-0.39, 0.29) is 11.2 Å². The zero-order valence-electron chi connectivity index (χ0n) is 15.7. The van der Waals surface area contributed by atoms with Gasteiger partial charge >= 0.3 is 0 Å². The number of carbonyl (C=O) groups is 1. The molecule has 2 atom stereocenters. The quantitative estimate of drug-likeness (QED) is 0.774. The van der Waals surface area contributed by atoms with E-state index >= 15 is 0 Å². The van der Waals surface area contributed by atoms with E-state index in [0.717, 1.165) is 58.3 Å². The van der Waals surface area contributed by atoms with Crippen LogP contribution in [-0.2, 0) is 4.79 Å². The van der Waals surface area contributed by atoms with Gasteiger partial charge in [0.05, 0.1) is 29.9 Å². The summed E-state index contributed by atoms with van der Waals surface area (Å²) in [6.07, 6.45) is 6.74. The van der Waals surface area contributed by atoms with E-state index in [9.17, 15) is 4.79 Å². The third-order valence-corrected chi connectivity index (χ3v) is 6.51. The van der Waals surface area contributed by atoms with E-state index in [1.807, 2.05) is 30.5 Å². The van der Waals surface area contributed by atoms with Crippen LogP contribution in [0.2, 0.25) is 0 Å². The fraction of sp³-hybridized carbons (Fsp3) is 0.273. The van der Waals surface area contributed by atoms with E-state index in [1.54, 1.807) is 13.2 Å². The van der Waals surface area contributed by atoms with Crippen molar-refractivity contribution in [1.29, 1.82) is 0 Å². The first kappa shape index (κ1) is 15.7. The number of hydrogen-bond acceptors (Lipinski definition) is 4. The molecule has 28 heavy (non-hydrogen) atoms. The molecule has 6 heteroatoms. The standard InChI is InChI=1S/C22H20N4O2/c1-11-14(6-16-18(28-2)7-15(25-16)13-4-3-5-23-13)26-21-17(27)8-19-22(20(11)21)9-12(22)10-24-19/h3-8,12,23-25H,9-10H2,1-2H3/b14-6+. The van der Waals surface area contributed by atoms with Gasteiger partial charge in [-0.15, -0.1) is 0 Å². The van der Waals surface area contributed by atoms with E-state index < -0.39 is 0 Å². The van der Waals surface area contributed by atoms with Crippen molar-refractivity contribution in [2.75, 3.05) is 13.7 Å². The highest BCUT2D eigenvalue weighted by Crippen LogP contribution is 2.68. The summed E-state index contributed by atoms with van der Waals surface area (Å²) in [6.45, 7) is 3.03. The van der Waals surface area contributed by atoms with Crippen molar-refractivity contribution in [3.8, 4) is 17.1 Å².